The minimum Gasteiger partial charge on any atom is -0.465 e. The maximum atomic E-state index is 13.3. The van der Waals surface area contributed by atoms with Crippen LogP contribution < -0.4 is 4.74 Å². The summed E-state index contributed by atoms with van der Waals surface area (Å²) in [6.07, 6.45) is 13.3. The SMILES string of the molecule is CCC(CCCC(CCCC(C)c1ccc(OC(C)OC2CCCCC2)cc1)C(=O)OC(C)(C)C)c1ccc(C(C)(C)C)cc1. The standard InChI is InChI=1S/C41H64O4/c1-10-32(34-22-26-36(27-23-34)40(4,5)6)17-15-19-35(39(42)45-41(7,8)9)18-14-16-30(2)33-24-28-38(29-25-33)44-31(3)43-37-20-12-11-13-21-37/h22-32,35,37H,10-21H2,1-9H3. The van der Waals surface area contributed by atoms with Gasteiger partial charge in [0.25, 0.3) is 0 Å². The zero-order valence-electron chi connectivity index (χ0n) is 30.1. The van der Waals surface area contributed by atoms with Gasteiger partial charge in [0.05, 0.1) is 12.0 Å². The Morgan fingerprint density at radius 1 is 0.778 bits per heavy atom. The number of hydrogen-bond acceptors (Lipinski definition) is 4. The van der Waals surface area contributed by atoms with Crippen molar-refractivity contribution in [1.29, 1.82) is 0 Å². The number of ether oxygens (including phenoxy) is 3. The van der Waals surface area contributed by atoms with Crippen molar-refractivity contribution in [1.82, 2.24) is 0 Å². The Bertz CT molecular complexity index is 1120. The van der Waals surface area contributed by atoms with Gasteiger partial charge in [0.15, 0.2) is 6.29 Å². The molecule has 0 aromatic heterocycles. The molecule has 0 saturated heterocycles. The Hall–Kier alpha value is -2.33. The van der Waals surface area contributed by atoms with Crippen molar-refractivity contribution >= 4 is 5.97 Å². The van der Waals surface area contributed by atoms with E-state index in [0.29, 0.717) is 17.9 Å². The molecule has 4 atom stereocenters. The Morgan fingerprint density at radius 3 is 1.91 bits per heavy atom. The third-order valence-corrected chi connectivity index (χ3v) is 9.46. The highest BCUT2D eigenvalue weighted by Gasteiger charge is 2.26. The molecule has 0 heterocycles. The minimum absolute atomic E-state index is 0.0381. The number of hydrogen-bond donors (Lipinski definition) is 0. The molecular formula is C41H64O4. The quantitative estimate of drug-likeness (QED) is 0.138. The van der Waals surface area contributed by atoms with Gasteiger partial charge in [0, 0.05) is 0 Å². The average molecular weight is 621 g/mol. The summed E-state index contributed by atoms with van der Waals surface area (Å²) in [5.41, 5.74) is 3.79. The average Bonchev–Trinajstić information content (AvgIpc) is 2.98. The van der Waals surface area contributed by atoms with Gasteiger partial charge >= 0.3 is 5.97 Å². The number of benzene rings is 2. The molecule has 3 rings (SSSR count). The highest BCUT2D eigenvalue weighted by Crippen LogP contribution is 2.32. The molecule has 0 aliphatic heterocycles. The summed E-state index contributed by atoms with van der Waals surface area (Å²) < 4.78 is 18.1. The van der Waals surface area contributed by atoms with Gasteiger partial charge < -0.3 is 14.2 Å². The molecule has 1 fully saturated rings. The highest BCUT2D eigenvalue weighted by atomic mass is 16.7. The van der Waals surface area contributed by atoms with E-state index in [1.54, 1.807) is 0 Å². The van der Waals surface area contributed by atoms with Crippen molar-refractivity contribution in [2.24, 2.45) is 5.92 Å². The third-order valence-electron chi connectivity index (χ3n) is 9.46. The van der Waals surface area contributed by atoms with Crippen LogP contribution in [-0.2, 0) is 19.7 Å². The molecule has 2 aromatic rings. The fourth-order valence-electron chi connectivity index (χ4n) is 6.64. The van der Waals surface area contributed by atoms with Crippen molar-refractivity contribution in [3.63, 3.8) is 0 Å². The summed E-state index contributed by atoms with van der Waals surface area (Å²) in [4.78, 5) is 13.3. The molecule has 1 aliphatic carbocycles. The van der Waals surface area contributed by atoms with Crippen LogP contribution in [0.4, 0.5) is 0 Å². The van der Waals surface area contributed by atoms with E-state index < -0.39 is 5.60 Å². The van der Waals surface area contributed by atoms with E-state index >= 15 is 0 Å². The number of esters is 1. The predicted molar refractivity (Wildman–Crippen MR) is 188 cm³/mol. The topological polar surface area (TPSA) is 44.8 Å². The molecule has 1 saturated carbocycles. The second-order valence-electron chi connectivity index (χ2n) is 15.6. The first-order valence-corrected chi connectivity index (χ1v) is 18.0. The second-order valence-corrected chi connectivity index (χ2v) is 15.6. The van der Waals surface area contributed by atoms with E-state index in [9.17, 15) is 4.79 Å². The van der Waals surface area contributed by atoms with Gasteiger partial charge in [-0.1, -0.05) is 103 Å². The first kappa shape index (κ1) is 37.1. The lowest BCUT2D eigenvalue weighted by Crippen LogP contribution is -2.29. The Kier molecular flexibility index (Phi) is 14.5. The van der Waals surface area contributed by atoms with Crippen LogP contribution in [0.1, 0.15) is 168 Å². The summed E-state index contributed by atoms with van der Waals surface area (Å²) in [6, 6.07) is 17.7. The highest BCUT2D eigenvalue weighted by molar-refractivity contribution is 5.72. The van der Waals surface area contributed by atoms with Crippen LogP contribution in [0.2, 0.25) is 0 Å². The van der Waals surface area contributed by atoms with Crippen LogP contribution in [0, 0.1) is 5.92 Å². The van der Waals surface area contributed by atoms with Crippen LogP contribution >= 0.6 is 0 Å². The molecule has 4 heteroatoms. The fraction of sp³-hybridized carbons (Fsp3) is 0.683. The molecule has 0 N–H and O–H groups in total. The first-order chi connectivity index (χ1) is 21.2. The fourth-order valence-corrected chi connectivity index (χ4v) is 6.64. The van der Waals surface area contributed by atoms with Crippen LogP contribution in [0.15, 0.2) is 48.5 Å². The maximum absolute atomic E-state index is 13.3. The van der Waals surface area contributed by atoms with E-state index in [1.165, 1.54) is 36.0 Å². The van der Waals surface area contributed by atoms with Crippen LogP contribution in [0.5, 0.6) is 5.75 Å². The van der Waals surface area contributed by atoms with Gasteiger partial charge in [-0.25, -0.2) is 0 Å². The van der Waals surface area contributed by atoms with Crippen LogP contribution in [-0.4, -0.2) is 24.0 Å². The van der Waals surface area contributed by atoms with E-state index in [0.717, 1.165) is 63.5 Å². The lowest BCUT2D eigenvalue weighted by atomic mass is 9.83. The van der Waals surface area contributed by atoms with Crippen LogP contribution in [0.3, 0.4) is 0 Å². The lowest BCUT2D eigenvalue weighted by Gasteiger charge is -2.26. The van der Waals surface area contributed by atoms with Crippen molar-refractivity contribution in [3.05, 3.63) is 65.2 Å². The van der Waals surface area contributed by atoms with E-state index in [2.05, 4.69) is 83.1 Å². The number of carbonyl (C=O) groups excluding carboxylic acids is 1. The van der Waals surface area contributed by atoms with E-state index in [-0.39, 0.29) is 23.6 Å². The Labute approximate surface area is 276 Å². The summed E-state index contributed by atoms with van der Waals surface area (Å²) >= 11 is 0. The van der Waals surface area contributed by atoms with Crippen molar-refractivity contribution in [2.75, 3.05) is 0 Å². The summed E-state index contributed by atoms with van der Waals surface area (Å²) in [5.74, 6) is 1.69. The molecule has 0 bridgehead atoms. The lowest BCUT2D eigenvalue weighted by molar-refractivity contribution is -0.160. The summed E-state index contributed by atoms with van der Waals surface area (Å²) in [5, 5.41) is 0. The molecule has 252 valence electrons. The normalized spacial score (nSPS) is 17.4. The summed E-state index contributed by atoms with van der Waals surface area (Å²) in [6.45, 7) is 19.2. The first-order valence-electron chi connectivity index (χ1n) is 18.0. The summed E-state index contributed by atoms with van der Waals surface area (Å²) in [7, 11) is 0. The minimum atomic E-state index is -0.466. The number of rotatable bonds is 16. The monoisotopic (exact) mass is 620 g/mol. The largest absolute Gasteiger partial charge is 0.465 e. The van der Waals surface area contributed by atoms with Crippen LogP contribution in [0.25, 0.3) is 0 Å². The molecule has 0 spiro atoms. The molecule has 0 amide bonds. The predicted octanol–water partition coefficient (Wildman–Crippen LogP) is 11.7. The molecule has 4 nitrogen and oxygen atoms in total. The zero-order valence-corrected chi connectivity index (χ0v) is 30.1. The van der Waals surface area contributed by atoms with Gasteiger partial charge in [-0.3, -0.25) is 4.79 Å². The van der Waals surface area contributed by atoms with E-state index in [4.69, 9.17) is 14.2 Å². The molecular weight excluding hydrogens is 556 g/mol. The van der Waals surface area contributed by atoms with Gasteiger partial charge in [-0.05, 0) is 119 Å². The van der Waals surface area contributed by atoms with Gasteiger partial charge in [-0.2, -0.15) is 0 Å². The van der Waals surface area contributed by atoms with Gasteiger partial charge in [0.1, 0.15) is 11.4 Å². The van der Waals surface area contributed by atoms with Crippen molar-refractivity contribution in [3.8, 4) is 5.75 Å². The Morgan fingerprint density at radius 2 is 1.36 bits per heavy atom. The van der Waals surface area contributed by atoms with Crippen molar-refractivity contribution < 1.29 is 19.0 Å². The maximum Gasteiger partial charge on any atom is 0.309 e. The van der Waals surface area contributed by atoms with Crippen molar-refractivity contribution in [2.45, 2.75) is 175 Å². The van der Waals surface area contributed by atoms with Gasteiger partial charge in [-0.15, -0.1) is 0 Å². The Balaban J connectivity index is 1.50. The third kappa shape index (κ3) is 13.1. The molecule has 4 unspecified atom stereocenters. The second kappa shape index (κ2) is 17.5. The molecule has 0 radical (unpaired) electrons. The van der Waals surface area contributed by atoms with E-state index in [1.807, 2.05) is 27.7 Å². The van der Waals surface area contributed by atoms with Gasteiger partial charge in [0.2, 0.25) is 0 Å². The molecule has 45 heavy (non-hydrogen) atoms. The molecule has 2 aromatic carbocycles. The number of carbonyl (C=O) groups is 1. The smallest absolute Gasteiger partial charge is 0.309 e. The molecule has 1 aliphatic rings. The zero-order chi connectivity index (χ0) is 33.0.